The molecule has 5 rings (SSSR count). The van der Waals surface area contributed by atoms with E-state index >= 15 is 0 Å². The average Bonchev–Trinajstić information content (AvgIpc) is 3.17. The van der Waals surface area contributed by atoms with Crippen LogP contribution in [0.3, 0.4) is 0 Å². The molecular formula is C38H45NO13. The van der Waals surface area contributed by atoms with Crippen molar-refractivity contribution in [3.8, 4) is 0 Å². The predicted octanol–water partition coefficient (Wildman–Crippen LogP) is 3.37. The third-order valence-corrected chi connectivity index (χ3v) is 7.22. The van der Waals surface area contributed by atoms with Crippen molar-refractivity contribution in [1.29, 1.82) is 0 Å². The zero-order valence-electron chi connectivity index (χ0n) is 28.5. The van der Waals surface area contributed by atoms with Crippen molar-refractivity contribution < 1.29 is 64.8 Å². The number of ether oxygens (including phenoxy) is 1. The van der Waals surface area contributed by atoms with Gasteiger partial charge in [0.2, 0.25) is 0 Å². The molecular weight excluding hydrogens is 678 g/mol. The highest BCUT2D eigenvalue weighted by molar-refractivity contribution is 5.88. The van der Waals surface area contributed by atoms with Crippen LogP contribution in [0.25, 0.3) is 0 Å². The Labute approximate surface area is 300 Å². The van der Waals surface area contributed by atoms with Gasteiger partial charge in [0.1, 0.15) is 30.5 Å². The summed E-state index contributed by atoms with van der Waals surface area (Å²) in [7, 11) is 1.73. The highest BCUT2D eigenvalue weighted by Crippen LogP contribution is 2.24. The monoisotopic (exact) mass is 723 g/mol. The fraction of sp³-hybridized carbons (Fsp3) is 0.263. The Kier molecular flexibility index (Phi) is 21.1. The highest BCUT2D eigenvalue weighted by atomic mass is 16.5. The molecule has 0 aliphatic carbocycles. The van der Waals surface area contributed by atoms with E-state index in [-0.39, 0.29) is 12.6 Å². The number of carboxylic acid groups (broad SMARTS) is 4. The van der Waals surface area contributed by atoms with Crippen molar-refractivity contribution in [2.75, 3.05) is 13.7 Å². The van der Waals surface area contributed by atoms with Gasteiger partial charge < -0.3 is 50.9 Å². The van der Waals surface area contributed by atoms with Crippen molar-refractivity contribution >= 4 is 23.9 Å². The number of hydrogen-bond donors (Lipinski definition) is 9. The number of nitrogens with one attached hydrogen (secondary N) is 1. The second-order valence-corrected chi connectivity index (χ2v) is 10.8. The van der Waals surface area contributed by atoms with Crippen LogP contribution in [-0.4, -0.2) is 115 Å². The van der Waals surface area contributed by atoms with Crippen molar-refractivity contribution in [3.05, 3.63) is 144 Å². The molecule has 4 aromatic carbocycles. The SMILES string of the molecule is CCC(NC)C1O[C@H](CO)[C@@H](O)[C@H](O)[C@H]1O.O=C(O)c1ccccc1.O=C(O)c1ccccc1.O=C(O)c1ccccc1.O=C(O)c1ccccc1. The predicted molar refractivity (Wildman–Crippen MR) is 191 cm³/mol. The van der Waals surface area contributed by atoms with Gasteiger partial charge in [-0.05, 0) is 62.0 Å². The Morgan fingerprint density at radius 3 is 1.04 bits per heavy atom. The molecule has 1 fully saturated rings. The average molecular weight is 724 g/mol. The lowest BCUT2D eigenvalue weighted by molar-refractivity contribution is -0.235. The van der Waals surface area contributed by atoms with E-state index in [0.717, 1.165) is 0 Å². The fourth-order valence-corrected chi connectivity index (χ4v) is 4.39. The van der Waals surface area contributed by atoms with Crippen LogP contribution in [0.4, 0.5) is 0 Å². The summed E-state index contributed by atoms with van der Waals surface area (Å²) in [5.74, 6) is -3.52. The molecule has 0 amide bonds. The van der Waals surface area contributed by atoms with Gasteiger partial charge in [-0.2, -0.15) is 0 Å². The van der Waals surface area contributed by atoms with E-state index in [2.05, 4.69) is 5.32 Å². The topological polar surface area (TPSA) is 251 Å². The first kappa shape index (κ1) is 44.5. The van der Waals surface area contributed by atoms with Gasteiger partial charge in [0.25, 0.3) is 0 Å². The smallest absolute Gasteiger partial charge is 0.335 e. The molecule has 1 saturated heterocycles. The van der Waals surface area contributed by atoms with Gasteiger partial charge in [0.05, 0.1) is 28.9 Å². The molecule has 6 atom stereocenters. The van der Waals surface area contributed by atoms with Gasteiger partial charge in [-0.25, -0.2) is 19.2 Å². The zero-order chi connectivity index (χ0) is 39.1. The van der Waals surface area contributed by atoms with Crippen LogP contribution in [0.2, 0.25) is 0 Å². The van der Waals surface area contributed by atoms with E-state index < -0.39 is 54.4 Å². The molecule has 9 N–H and O–H groups in total. The van der Waals surface area contributed by atoms with Crippen LogP contribution >= 0.6 is 0 Å². The minimum atomic E-state index is -1.29. The van der Waals surface area contributed by atoms with Crippen LogP contribution < -0.4 is 5.32 Å². The van der Waals surface area contributed by atoms with Gasteiger partial charge in [0, 0.05) is 6.04 Å². The molecule has 14 nitrogen and oxygen atoms in total. The lowest BCUT2D eigenvalue weighted by Gasteiger charge is -2.42. The number of aromatic carboxylic acids is 4. The number of likely N-dealkylation sites (N-methyl/N-ethyl adjacent to an activating group) is 1. The van der Waals surface area contributed by atoms with Crippen molar-refractivity contribution in [3.63, 3.8) is 0 Å². The van der Waals surface area contributed by atoms with E-state index in [1.807, 2.05) is 6.92 Å². The van der Waals surface area contributed by atoms with E-state index in [1.54, 1.807) is 128 Å². The Hall–Kier alpha value is -5.48. The molecule has 0 saturated carbocycles. The third kappa shape index (κ3) is 16.0. The fourth-order valence-electron chi connectivity index (χ4n) is 4.39. The van der Waals surface area contributed by atoms with Gasteiger partial charge in [-0.1, -0.05) is 79.7 Å². The maximum atomic E-state index is 10.2. The molecule has 0 spiro atoms. The summed E-state index contributed by atoms with van der Waals surface area (Å²) in [5.41, 5.74) is 1.32. The van der Waals surface area contributed by atoms with Gasteiger partial charge >= 0.3 is 23.9 Å². The minimum Gasteiger partial charge on any atom is -0.478 e. The number of aliphatic hydroxyl groups excluding tert-OH is 4. The number of rotatable bonds is 8. The molecule has 1 aliphatic heterocycles. The highest BCUT2D eigenvalue weighted by Gasteiger charge is 2.45. The molecule has 2 unspecified atom stereocenters. The molecule has 1 aliphatic rings. The molecule has 280 valence electrons. The van der Waals surface area contributed by atoms with E-state index in [9.17, 15) is 34.5 Å². The van der Waals surface area contributed by atoms with Crippen LogP contribution in [0.15, 0.2) is 121 Å². The van der Waals surface area contributed by atoms with Crippen LogP contribution in [0.1, 0.15) is 54.8 Å². The number of hydrogen-bond acceptors (Lipinski definition) is 10. The molecule has 1 heterocycles. The first-order valence-electron chi connectivity index (χ1n) is 15.9. The van der Waals surface area contributed by atoms with Crippen molar-refractivity contribution in [1.82, 2.24) is 5.32 Å². The van der Waals surface area contributed by atoms with Crippen molar-refractivity contribution in [2.45, 2.75) is 49.9 Å². The number of aliphatic hydroxyl groups is 4. The maximum absolute atomic E-state index is 10.2. The zero-order valence-corrected chi connectivity index (χ0v) is 28.5. The normalized spacial score (nSPS) is 19.1. The third-order valence-electron chi connectivity index (χ3n) is 7.22. The minimum absolute atomic E-state index is 0.133. The van der Waals surface area contributed by atoms with Gasteiger partial charge in [0.15, 0.2) is 0 Å². The largest absolute Gasteiger partial charge is 0.478 e. The summed E-state index contributed by atoms with van der Waals surface area (Å²) in [6, 6.07) is 33.0. The maximum Gasteiger partial charge on any atom is 0.335 e. The lowest BCUT2D eigenvalue weighted by atomic mass is 9.90. The Bertz CT molecular complexity index is 1390. The first-order valence-corrected chi connectivity index (χ1v) is 15.9. The summed E-state index contributed by atoms with van der Waals surface area (Å²) in [4.78, 5) is 40.8. The summed E-state index contributed by atoms with van der Waals surface area (Å²) in [6.45, 7) is 1.53. The summed E-state index contributed by atoms with van der Waals surface area (Å²) >= 11 is 0. The Balaban J connectivity index is 0.000000333. The summed E-state index contributed by atoms with van der Waals surface area (Å²) in [5, 5.41) is 74.5. The van der Waals surface area contributed by atoms with Crippen LogP contribution in [0.5, 0.6) is 0 Å². The Morgan fingerprint density at radius 2 is 0.846 bits per heavy atom. The second kappa shape index (κ2) is 24.6. The molecule has 14 heteroatoms. The van der Waals surface area contributed by atoms with Gasteiger partial charge in [-0.3, -0.25) is 0 Å². The van der Waals surface area contributed by atoms with E-state index in [1.165, 1.54) is 0 Å². The quantitative estimate of drug-likeness (QED) is 0.126. The first-order chi connectivity index (χ1) is 24.8. The van der Waals surface area contributed by atoms with Gasteiger partial charge in [-0.15, -0.1) is 0 Å². The molecule has 4 aromatic rings. The molecule has 0 radical (unpaired) electrons. The molecule has 0 bridgehead atoms. The second-order valence-electron chi connectivity index (χ2n) is 10.8. The number of benzene rings is 4. The number of carbonyl (C=O) groups is 4. The lowest BCUT2D eigenvalue weighted by Crippen LogP contribution is -2.63. The number of carboxylic acids is 4. The van der Waals surface area contributed by atoms with Crippen molar-refractivity contribution in [2.24, 2.45) is 0 Å². The molecule has 52 heavy (non-hydrogen) atoms. The van der Waals surface area contributed by atoms with E-state index in [4.69, 9.17) is 30.3 Å². The van der Waals surface area contributed by atoms with Crippen LogP contribution in [-0.2, 0) is 4.74 Å². The Morgan fingerprint density at radius 1 is 0.558 bits per heavy atom. The standard InChI is InChI=1S/C10H21NO5.4C7H6O2/c1-3-5(11-2)10-9(15)8(14)7(13)6(4-12)16-10;4*8-7(9)6-4-2-1-3-5-6/h5-15H,3-4H2,1-2H3;4*1-5H,(H,8,9)/t5?,6-,7-,8+,9-,10?;;;;/m1..../s1. The molecule has 0 aromatic heterocycles. The summed E-state index contributed by atoms with van der Waals surface area (Å²) in [6.07, 6.45) is -4.49. The van der Waals surface area contributed by atoms with E-state index in [0.29, 0.717) is 28.7 Å². The van der Waals surface area contributed by atoms with Crippen LogP contribution in [0, 0.1) is 0 Å². The summed E-state index contributed by atoms with van der Waals surface area (Å²) < 4.78 is 5.40.